The molecule has 0 aromatic carbocycles. The molecule has 0 aliphatic carbocycles. The molecule has 0 bridgehead atoms. The molecule has 0 unspecified atom stereocenters. The Balaban J connectivity index is 5.81. The zero-order valence-corrected chi connectivity index (χ0v) is 18.7. The third-order valence-electron chi connectivity index (χ3n) is 1.88. The fraction of sp³-hybridized carbons (Fsp3) is 1.00. The first-order valence-corrected chi connectivity index (χ1v) is 12.1. The molecule has 0 radical (unpaired) electrons. The van der Waals surface area contributed by atoms with E-state index in [-0.39, 0.29) is 6.61 Å². The Morgan fingerprint density at radius 2 is 1.04 bits per heavy atom. The molecule has 0 heterocycles. The minimum atomic E-state index is -5.00. The summed E-state index contributed by atoms with van der Waals surface area (Å²) in [5.41, 5.74) is -2.02. The summed E-state index contributed by atoms with van der Waals surface area (Å²) < 4.78 is 48.7. The van der Waals surface area contributed by atoms with Crippen LogP contribution in [0.3, 0.4) is 0 Å². The molecular formula is C14H34O7SiTi. The van der Waals surface area contributed by atoms with E-state index in [1.54, 1.807) is 6.92 Å². The fourth-order valence-electron chi connectivity index (χ4n) is 1.63. The molecule has 0 aliphatic heterocycles. The van der Waals surface area contributed by atoms with Crippen molar-refractivity contribution in [3.05, 3.63) is 0 Å². The van der Waals surface area contributed by atoms with E-state index in [1.165, 1.54) is 0 Å². The first kappa shape index (κ1) is 23.7. The molecule has 0 aromatic rings. The van der Waals surface area contributed by atoms with E-state index in [0.717, 1.165) is 0 Å². The maximum atomic E-state index is 10.1. The second-order valence-corrected chi connectivity index (χ2v) is 13.2. The van der Waals surface area contributed by atoms with Crippen molar-refractivity contribution < 1.29 is 45.1 Å². The van der Waals surface area contributed by atoms with Crippen LogP contribution in [-0.4, -0.2) is 39.8 Å². The van der Waals surface area contributed by atoms with Crippen molar-refractivity contribution in [3.63, 3.8) is 0 Å². The van der Waals surface area contributed by atoms with Crippen molar-refractivity contribution in [1.29, 1.82) is 0 Å². The van der Waals surface area contributed by atoms with Gasteiger partial charge in [-0.15, -0.1) is 0 Å². The minimum absolute atomic E-state index is 0.109. The molecule has 0 aromatic heterocycles. The summed E-state index contributed by atoms with van der Waals surface area (Å²) in [6, 6.07) is 0. The maximum absolute atomic E-state index is 10.1. The van der Waals surface area contributed by atoms with Crippen molar-refractivity contribution in [2.75, 3.05) is 6.61 Å². The molecule has 0 aliphatic rings. The van der Waals surface area contributed by atoms with Gasteiger partial charge >= 0.3 is 147 Å². The van der Waals surface area contributed by atoms with Crippen LogP contribution >= 0.6 is 0 Å². The molecule has 23 heavy (non-hydrogen) atoms. The van der Waals surface area contributed by atoms with Gasteiger partial charge in [0.25, 0.3) is 0 Å². The molecule has 0 rings (SSSR count). The SMILES string of the molecule is CC[O][Ti]([OH])([OH])[O][Si](OC(C)(C)C)(OC(C)(C)C)OC(C)(C)C. The molecule has 140 valence electrons. The van der Waals surface area contributed by atoms with Crippen LogP contribution in [0.1, 0.15) is 69.2 Å². The van der Waals surface area contributed by atoms with Gasteiger partial charge in [-0.3, -0.25) is 0 Å². The van der Waals surface area contributed by atoms with Gasteiger partial charge in [-0.2, -0.15) is 0 Å². The Morgan fingerprint density at radius 3 is 1.26 bits per heavy atom. The molecule has 0 fully saturated rings. The van der Waals surface area contributed by atoms with Gasteiger partial charge in [-0.25, -0.2) is 0 Å². The zero-order chi connectivity index (χ0) is 18.7. The third kappa shape index (κ3) is 11.8. The van der Waals surface area contributed by atoms with Gasteiger partial charge in [-0.05, 0) is 0 Å². The second kappa shape index (κ2) is 7.90. The van der Waals surface area contributed by atoms with E-state index in [1.807, 2.05) is 62.3 Å². The Kier molecular flexibility index (Phi) is 8.13. The summed E-state index contributed by atoms with van der Waals surface area (Å²) in [6.45, 7) is 18.1. The van der Waals surface area contributed by atoms with Crippen LogP contribution in [0, 0.1) is 0 Å². The zero-order valence-electron chi connectivity index (χ0n) is 16.1. The van der Waals surface area contributed by atoms with Gasteiger partial charge in [0.1, 0.15) is 0 Å². The molecule has 7 nitrogen and oxygen atoms in total. The molecule has 0 saturated carbocycles. The first-order chi connectivity index (χ1) is 9.89. The standard InChI is InChI=1S/C12H27O4Si.C2H5O.2H2O.Ti/c1-10(2,3)14-17(13,15-11(4,5)6)16-12(7,8)9;1-2-3;;;/h1-9H3;2H2,1H3;2*1H2;/q2*-1;;;+4/p-2. The van der Waals surface area contributed by atoms with Gasteiger partial charge in [0.05, 0.1) is 0 Å². The second-order valence-electron chi connectivity index (χ2n) is 8.23. The van der Waals surface area contributed by atoms with Crippen LogP contribution in [0.15, 0.2) is 0 Å². The normalized spacial score (nSPS) is 15.1. The van der Waals surface area contributed by atoms with Gasteiger partial charge in [0.15, 0.2) is 0 Å². The monoisotopic (exact) mass is 390 g/mol. The van der Waals surface area contributed by atoms with Gasteiger partial charge in [-0.1, -0.05) is 0 Å². The number of hydrogen-bond donors (Lipinski definition) is 2. The Hall–Kier alpha value is 0.651. The first-order valence-electron chi connectivity index (χ1n) is 7.78. The molecule has 0 atom stereocenters. The Bertz CT molecular complexity index is 328. The topological polar surface area (TPSA) is 86.6 Å². The predicted molar refractivity (Wildman–Crippen MR) is 85.4 cm³/mol. The van der Waals surface area contributed by atoms with Crippen molar-refractivity contribution in [3.8, 4) is 0 Å². The number of rotatable bonds is 7. The van der Waals surface area contributed by atoms with Crippen LogP contribution in [0.2, 0.25) is 0 Å². The van der Waals surface area contributed by atoms with Crippen molar-refractivity contribution in [1.82, 2.24) is 0 Å². The molecule has 9 heteroatoms. The van der Waals surface area contributed by atoms with Gasteiger partial charge in [0.2, 0.25) is 0 Å². The van der Waals surface area contributed by atoms with Crippen molar-refractivity contribution in [2.24, 2.45) is 0 Å². The Morgan fingerprint density at radius 1 is 0.739 bits per heavy atom. The quantitative estimate of drug-likeness (QED) is 0.647. The summed E-state index contributed by atoms with van der Waals surface area (Å²) in [5.74, 6) is 0. The molecule has 2 N–H and O–H groups in total. The fourth-order valence-corrected chi connectivity index (χ4v) is 7.49. The van der Waals surface area contributed by atoms with Crippen LogP contribution in [0.4, 0.5) is 0 Å². The summed E-state index contributed by atoms with van der Waals surface area (Å²) in [4.78, 5) is 0. The van der Waals surface area contributed by atoms with Crippen LogP contribution < -0.4 is 0 Å². The van der Waals surface area contributed by atoms with Crippen molar-refractivity contribution in [2.45, 2.75) is 86.0 Å². The van der Waals surface area contributed by atoms with Gasteiger partial charge < -0.3 is 0 Å². The van der Waals surface area contributed by atoms with Crippen LogP contribution in [-0.2, 0) is 37.7 Å². The van der Waals surface area contributed by atoms with Gasteiger partial charge in [0, 0.05) is 0 Å². The summed E-state index contributed by atoms with van der Waals surface area (Å²) in [7, 11) is -3.92. The van der Waals surface area contributed by atoms with E-state index in [4.69, 9.17) is 19.6 Å². The summed E-state index contributed by atoms with van der Waals surface area (Å²) in [5, 5.41) is 0. The predicted octanol–water partition coefficient (Wildman–Crippen LogP) is 2.72. The molecule has 0 saturated heterocycles. The van der Waals surface area contributed by atoms with E-state index in [2.05, 4.69) is 0 Å². The van der Waals surface area contributed by atoms with E-state index >= 15 is 0 Å². The van der Waals surface area contributed by atoms with E-state index < -0.39 is 44.0 Å². The van der Waals surface area contributed by atoms with Crippen LogP contribution in [0.5, 0.6) is 0 Å². The average Bonchev–Trinajstić information content (AvgIpc) is 2.03. The average molecular weight is 390 g/mol. The molecule has 0 spiro atoms. The third-order valence-corrected chi connectivity index (χ3v) is 8.44. The summed E-state index contributed by atoms with van der Waals surface area (Å²) >= 11 is -5.00. The summed E-state index contributed by atoms with van der Waals surface area (Å²) in [6.07, 6.45) is 0. The molecule has 0 amide bonds. The van der Waals surface area contributed by atoms with E-state index in [9.17, 15) is 7.38 Å². The van der Waals surface area contributed by atoms with E-state index in [0.29, 0.717) is 0 Å². The van der Waals surface area contributed by atoms with Crippen molar-refractivity contribution >= 4 is 9.05 Å². The Labute approximate surface area is 147 Å². The van der Waals surface area contributed by atoms with Crippen LogP contribution in [0.25, 0.3) is 0 Å². The molecular weight excluding hydrogens is 356 g/mol. The number of hydrogen-bond acceptors (Lipinski definition) is 7.